The number of anilines is 1. The highest BCUT2D eigenvalue weighted by atomic mass is 19.1. The van der Waals surface area contributed by atoms with E-state index >= 15 is 0 Å². The van der Waals surface area contributed by atoms with Crippen LogP contribution in [0, 0.1) is 18.3 Å². The van der Waals surface area contributed by atoms with Gasteiger partial charge in [0.25, 0.3) is 0 Å². The van der Waals surface area contributed by atoms with Gasteiger partial charge in [0.2, 0.25) is 0 Å². The number of aromatic hydroxyl groups is 1. The average Bonchev–Trinajstić information content (AvgIpc) is 3.48. The van der Waals surface area contributed by atoms with Crippen LogP contribution < -0.4 is 15.3 Å². The largest absolute Gasteiger partial charge is 0.508 e. The van der Waals surface area contributed by atoms with Crippen LogP contribution >= 0.6 is 0 Å². The summed E-state index contributed by atoms with van der Waals surface area (Å²) in [6.07, 6.45) is 2.02. The van der Waals surface area contributed by atoms with Crippen LogP contribution in [0.5, 0.6) is 11.8 Å². The van der Waals surface area contributed by atoms with Gasteiger partial charge in [0.05, 0.1) is 35.3 Å². The minimum Gasteiger partial charge on any atom is -0.508 e. The van der Waals surface area contributed by atoms with Crippen molar-refractivity contribution in [2.45, 2.75) is 50.4 Å². The van der Waals surface area contributed by atoms with E-state index in [1.807, 2.05) is 4.90 Å². The molecule has 3 atom stereocenters. The van der Waals surface area contributed by atoms with E-state index in [-0.39, 0.29) is 42.2 Å². The molecule has 3 aliphatic heterocycles. The number of fused-ring (bicyclic) bond motifs is 3. The van der Waals surface area contributed by atoms with Crippen LogP contribution in [-0.2, 0) is 0 Å². The summed E-state index contributed by atoms with van der Waals surface area (Å²) in [5.74, 6) is 0.444. The van der Waals surface area contributed by atoms with Crippen molar-refractivity contribution in [2.24, 2.45) is 0 Å². The number of phenolic OH excluding ortho intramolecular Hbond substituents is 1. The lowest BCUT2D eigenvalue weighted by Gasteiger charge is -2.41. The fourth-order valence-corrected chi connectivity index (χ4v) is 6.99. The molecular weight excluding hydrogens is 541 g/mol. The van der Waals surface area contributed by atoms with Crippen molar-refractivity contribution in [1.82, 2.24) is 14.9 Å². The third-order valence-electron chi connectivity index (χ3n) is 9.15. The molecule has 5 heterocycles. The zero-order chi connectivity index (χ0) is 29.2. The first-order chi connectivity index (χ1) is 20.3. The molecule has 0 amide bonds. The maximum absolute atomic E-state index is 14.4. The molecule has 2 aromatic carbocycles. The number of hydrogen-bond donors (Lipinski definition) is 2. The van der Waals surface area contributed by atoms with Crippen LogP contribution in [0.3, 0.4) is 0 Å². The lowest BCUT2D eigenvalue weighted by Crippen LogP contribution is -2.50. The Morgan fingerprint density at radius 3 is 2.88 bits per heavy atom. The summed E-state index contributed by atoms with van der Waals surface area (Å²) in [5, 5.41) is 31.6. The molecule has 42 heavy (non-hydrogen) atoms. The number of hydrogen-bond acceptors (Lipinski definition) is 10. The number of aryl methyl sites for hydroxylation is 1. The van der Waals surface area contributed by atoms with Crippen molar-refractivity contribution in [3.63, 3.8) is 0 Å². The van der Waals surface area contributed by atoms with Gasteiger partial charge in [-0.1, -0.05) is 12.1 Å². The summed E-state index contributed by atoms with van der Waals surface area (Å²) in [7, 11) is 0. The van der Waals surface area contributed by atoms with Crippen molar-refractivity contribution < 1.29 is 23.8 Å². The van der Waals surface area contributed by atoms with Crippen LogP contribution in [0.1, 0.15) is 36.8 Å². The Kier molecular flexibility index (Phi) is 6.29. The number of ether oxygens (including phenoxy) is 1. The third kappa shape index (κ3) is 4.08. The molecule has 0 aliphatic carbocycles. The maximum atomic E-state index is 14.4. The highest BCUT2D eigenvalue weighted by molar-refractivity contribution is 6.03. The Morgan fingerprint density at radius 2 is 2.12 bits per heavy atom. The summed E-state index contributed by atoms with van der Waals surface area (Å²) in [6.45, 7) is 3.68. The molecule has 3 saturated heterocycles. The van der Waals surface area contributed by atoms with E-state index in [1.165, 1.54) is 6.07 Å². The van der Waals surface area contributed by atoms with Crippen LogP contribution in [0.15, 0.2) is 39.5 Å². The molecule has 4 aromatic rings. The number of phenols is 1. The van der Waals surface area contributed by atoms with Gasteiger partial charge in [0, 0.05) is 36.0 Å². The first-order valence-corrected chi connectivity index (χ1v) is 14.2. The van der Waals surface area contributed by atoms with Gasteiger partial charge in [0.1, 0.15) is 29.7 Å². The van der Waals surface area contributed by atoms with E-state index in [1.54, 1.807) is 31.2 Å². The van der Waals surface area contributed by atoms with Crippen LogP contribution in [0.4, 0.5) is 10.2 Å². The normalized spacial score (nSPS) is 23.7. The third-order valence-corrected chi connectivity index (χ3v) is 9.15. The predicted molar refractivity (Wildman–Crippen MR) is 154 cm³/mol. The fourth-order valence-electron chi connectivity index (χ4n) is 6.99. The quantitative estimate of drug-likeness (QED) is 0.352. The Labute approximate surface area is 240 Å². The number of aliphatic hydroxyl groups excluding tert-OH is 1. The molecule has 11 heteroatoms. The Balaban J connectivity index is 1.41. The summed E-state index contributed by atoms with van der Waals surface area (Å²) >= 11 is 0. The molecule has 10 nitrogen and oxygen atoms in total. The molecule has 0 saturated carbocycles. The minimum atomic E-state index is -0.904. The zero-order valence-corrected chi connectivity index (χ0v) is 23.1. The van der Waals surface area contributed by atoms with Gasteiger partial charge >= 0.3 is 11.6 Å². The highest BCUT2D eigenvalue weighted by Gasteiger charge is 2.49. The van der Waals surface area contributed by atoms with Gasteiger partial charge < -0.3 is 24.3 Å². The molecule has 0 bridgehead atoms. The number of nitriles is 1. The average molecular weight is 572 g/mol. The molecule has 0 radical (unpaired) electrons. The Hall–Kier alpha value is -4.27. The molecule has 2 N–H and O–H groups in total. The van der Waals surface area contributed by atoms with E-state index in [9.17, 15) is 24.7 Å². The topological polar surface area (TPSA) is 136 Å². The van der Waals surface area contributed by atoms with Crippen molar-refractivity contribution in [3.8, 4) is 29.2 Å². The smallest absolute Gasteiger partial charge is 0.349 e. The number of aliphatic hydroxyl groups is 1. The highest BCUT2D eigenvalue weighted by Crippen LogP contribution is 2.42. The number of aromatic nitrogens is 2. The summed E-state index contributed by atoms with van der Waals surface area (Å²) < 4.78 is 26.5. The number of benzene rings is 2. The molecule has 0 unspecified atom stereocenters. The zero-order valence-electron chi connectivity index (χ0n) is 23.1. The monoisotopic (exact) mass is 571 g/mol. The summed E-state index contributed by atoms with van der Waals surface area (Å²) in [5.41, 5.74) is 0.478. The second-order valence-corrected chi connectivity index (χ2v) is 11.6. The van der Waals surface area contributed by atoms with Gasteiger partial charge in [-0.15, -0.1) is 0 Å². The minimum absolute atomic E-state index is 0.0448. The summed E-state index contributed by atoms with van der Waals surface area (Å²) in [4.78, 5) is 27.0. The second-order valence-electron chi connectivity index (χ2n) is 11.6. The van der Waals surface area contributed by atoms with Gasteiger partial charge in [-0.05, 0) is 56.3 Å². The van der Waals surface area contributed by atoms with Gasteiger partial charge in [-0.3, -0.25) is 4.90 Å². The molecule has 0 spiro atoms. The molecule has 3 fully saturated rings. The van der Waals surface area contributed by atoms with Crippen LogP contribution in [0.2, 0.25) is 0 Å². The molecule has 216 valence electrons. The van der Waals surface area contributed by atoms with Gasteiger partial charge in [-0.2, -0.15) is 15.2 Å². The van der Waals surface area contributed by atoms with Crippen molar-refractivity contribution in [2.75, 3.05) is 37.7 Å². The second kappa shape index (κ2) is 9.93. The van der Waals surface area contributed by atoms with Crippen molar-refractivity contribution in [1.29, 1.82) is 5.26 Å². The van der Waals surface area contributed by atoms with E-state index in [0.29, 0.717) is 58.3 Å². The lowest BCUT2D eigenvalue weighted by atomic mass is 9.95. The number of nitrogens with zero attached hydrogens (tertiary/aromatic N) is 5. The number of rotatable bonds is 6. The predicted octanol–water partition coefficient (Wildman–Crippen LogP) is 3.82. The van der Waals surface area contributed by atoms with Crippen LogP contribution in [0.25, 0.3) is 33.0 Å². The first-order valence-electron chi connectivity index (χ1n) is 14.2. The summed E-state index contributed by atoms with van der Waals surface area (Å²) in [6, 6.07) is 10.2. The van der Waals surface area contributed by atoms with E-state index in [4.69, 9.17) is 9.15 Å². The van der Waals surface area contributed by atoms with Gasteiger partial charge in [-0.25, -0.2) is 9.18 Å². The van der Waals surface area contributed by atoms with E-state index < -0.39 is 17.3 Å². The Morgan fingerprint density at radius 1 is 1.26 bits per heavy atom. The Bertz CT molecular complexity index is 1840. The van der Waals surface area contributed by atoms with Crippen molar-refractivity contribution in [3.05, 3.63) is 51.9 Å². The molecule has 7 rings (SSSR count). The number of alkyl halides is 1. The first kappa shape index (κ1) is 26.6. The molecular formula is C31H30FN5O5. The maximum Gasteiger partial charge on any atom is 0.349 e. The molecule has 3 aliphatic rings. The van der Waals surface area contributed by atoms with E-state index in [2.05, 4.69) is 20.9 Å². The molecule has 2 aromatic heterocycles. The SMILES string of the molecule is Cc1c(-c2cc(O)cc3cccc(C#N)c23)oc(=O)c2c(N3CC[C@H]3CO)nc(OC[C@@]34CCCN3C[C@H](F)C4)nc12. The van der Waals surface area contributed by atoms with Gasteiger partial charge in [0.15, 0.2) is 5.82 Å². The standard InChI is InChI=1S/C31H30FN5O5/c1-17-26-25(29(40)42-27(17)23-11-22(39)10-18-4-2-5-19(13-33)24(18)23)28(37-9-6-21(37)15-38)35-30(34-26)41-16-31-7-3-8-36(31)14-20(32)12-31/h2,4-5,10-11,20-21,38-39H,3,6-9,12,14-16H2,1H3/t20-,21+,31+/m1/s1. The number of halogens is 1. The van der Waals surface area contributed by atoms with Crippen LogP contribution in [-0.4, -0.2) is 75.7 Å². The lowest BCUT2D eigenvalue weighted by molar-refractivity contribution is 0.107. The van der Waals surface area contributed by atoms with E-state index in [0.717, 1.165) is 25.8 Å². The van der Waals surface area contributed by atoms with Crippen molar-refractivity contribution >= 4 is 27.5 Å². The fraction of sp³-hybridized carbons (Fsp3) is 0.419.